The van der Waals surface area contributed by atoms with Crippen molar-refractivity contribution in [3.8, 4) is 5.75 Å². The van der Waals surface area contributed by atoms with Crippen LogP contribution >= 0.6 is 34.4 Å². The molecule has 0 radical (unpaired) electrons. The maximum absolute atomic E-state index is 14.1. The number of aliphatic hydroxyl groups is 2. The molecule has 0 aliphatic heterocycles. The second-order valence-corrected chi connectivity index (χ2v) is 16.6. The van der Waals surface area contributed by atoms with Crippen LogP contribution in [0.3, 0.4) is 0 Å². The van der Waals surface area contributed by atoms with Gasteiger partial charge in [-0.3, -0.25) is 4.79 Å². The molecule has 0 unspecified atom stereocenters. The number of thiophene rings is 1. The lowest BCUT2D eigenvalue weighted by Crippen LogP contribution is -2.46. The molecule has 8 heteroatoms. The van der Waals surface area contributed by atoms with Crippen molar-refractivity contribution >= 4 is 50.4 Å². The predicted octanol–water partition coefficient (Wildman–Crippen LogP) is 9.13. The van der Waals surface area contributed by atoms with E-state index >= 15 is 0 Å². The summed E-state index contributed by atoms with van der Waals surface area (Å²) >= 11 is 4.81. The predicted molar refractivity (Wildman–Crippen MR) is 187 cm³/mol. The molecule has 2 aromatic heterocycles. The monoisotopic (exact) mass is 661 g/mol. The molecule has 4 aromatic rings. The number of carbonyl (C=O) groups is 1. The number of thioether (sulfide) groups is 1. The van der Waals surface area contributed by atoms with Gasteiger partial charge in [0.15, 0.2) is 4.34 Å². The number of aryl methyl sites for hydroxylation is 1. The van der Waals surface area contributed by atoms with E-state index in [2.05, 4.69) is 32.1 Å². The number of aliphatic hydroxyl groups excluding tert-OH is 1. The molecular formula is C37H43NO4S3. The maximum atomic E-state index is 14.1. The smallest absolute Gasteiger partial charge is 0.203 e. The van der Waals surface area contributed by atoms with Crippen LogP contribution in [0.2, 0.25) is 0 Å². The summed E-state index contributed by atoms with van der Waals surface area (Å²) in [7, 11) is 0. The zero-order valence-corrected chi connectivity index (χ0v) is 29.0. The van der Waals surface area contributed by atoms with Gasteiger partial charge >= 0.3 is 0 Å². The Morgan fingerprint density at radius 2 is 1.93 bits per heavy atom. The van der Waals surface area contributed by atoms with Crippen LogP contribution in [0.5, 0.6) is 5.75 Å². The van der Waals surface area contributed by atoms with Crippen molar-refractivity contribution < 1.29 is 19.7 Å². The maximum Gasteiger partial charge on any atom is 0.203 e. The van der Waals surface area contributed by atoms with Crippen LogP contribution in [0.15, 0.2) is 64.5 Å². The van der Waals surface area contributed by atoms with Gasteiger partial charge in [-0.15, -0.1) is 22.7 Å². The van der Waals surface area contributed by atoms with E-state index in [4.69, 9.17) is 9.72 Å². The number of allylic oxidation sites excluding steroid dienone is 2. The third-order valence-corrected chi connectivity index (χ3v) is 13.3. The lowest BCUT2D eigenvalue weighted by atomic mass is 9.65. The van der Waals surface area contributed by atoms with Gasteiger partial charge < -0.3 is 14.9 Å². The van der Waals surface area contributed by atoms with Crippen LogP contribution < -0.4 is 4.74 Å². The first-order chi connectivity index (χ1) is 21.6. The largest absolute Gasteiger partial charge is 0.494 e. The minimum atomic E-state index is -0.940. The molecule has 4 atom stereocenters. The van der Waals surface area contributed by atoms with E-state index in [-0.39, 0.29) is 11.7 Å². The van der Waals surface area contributed by atoms with Gasteiger partial charge in [0.2, 0.25) is 5.78 Å². The van der Waals surface area contributed by atoms with Crippen LogP contribution in [0.1, 0.15) is 96.5 Å². The first-order valence-corrected chi connectivity index (χ1v) is 18.7. The van der Waals surface area contributed by atoms with Crippen molar-refractivity contribution in [2.24, 2.45) is 5.41 Å². The Kier molecular flexibility index (Phi) is 9.61. The summed E-state index contributed by atoms with van der Waals surface area (Å²) in [5.41, 5.74) is 3.55. The molecule has 3 aliphatic carbocycles. The van der Waals surface area contributed by atoms with Crippen LogP contribution in [0.25, 0.3) is 10.2 Å². The van der Waals surface area contributed by atoms with Gasteiger partial charge in [-0.05, 0) is 119 Å². The molecule has 238 valence electrons. The molecule has 2 aromatic carbocycles. The SMILES string of the molecule is CCOc1ccc2nc(SC[C@]3(O)CC[C@H]4c5ccc(cc5C(=O)c5ccc(C)s5)C[C@@H](O)CCC(C)=CCC[C@@]43C)sc2c1. The van der Waals surface area contributed by atoms with Gasteiger partial charge in [0.05, 0.1) is 33.4 Å². The standard InChI is InChI=1S/C37H43NO4S3/c1-5-42-27-12-14-31-33(21-27)45-35(38-31)43-22-37(41)18-16-30-28-13-10-25(20-29(28)34(40)32-15-9-24(3)44-32)19-26(39)11-8-23(2)7-6-17-36(30,37)4/h7,9-10,12-15,20-21,26,30,39,41H,5-6,8,11,16-19,22H2,1-4H3/t26-,30-,36-,37+/m0/s1. The number of carbonyl (C=O) groups excluding carboxylic acids is 1. The van der Waals surface area contributed by atoms with Gasteiger partial charge in [0.25, 0.3) is 0 Å². The number of ether oxygens (including phenoxy) is 1. The molecule has 1 fully saturated rings. The Bertz CT molecular complexity index is 1720. The highest BCUT2D eigenvalue weighted by atomic mass is 32.2. The minimum Gasteiger partial charge on any atom is -0.494 e. The third-order valence-electron chi connectivity index (χ3n) is 9.97. The lowest BCUT2D eigenvalue weighted by molar-refractivity contribution is -0.0422. The highest BCUT2D eigenvalue weighted by molar-refractivity contribution is 8.01. The normalized spacial score (nSPS) is 25.6. The summed E-state index contributed by atoms with van der Waals surface area (Å²) in [6.07, 6.45) is 6.99. The van der Waals surface area contributed by atoms with E-state index in [0.29, 0.717) is 31.6 Å². The van der Waals surface area contributed by atoms with E-state index in [9.17, 15) is 15.0 Å². The molecule has 5 nitrogen and oxygen atoms in total. The molecule has 0 spiro atoms. The Hall–Kier alpha value is -2.49. The quantitative estimate of drug-likeness (QED) is 0.117. The van der Waals surface area contributed by atoms with E-state index < -0.39 is 17.1 Å². The van der Waals surface area contributed by atoms with E-state index in [1.165, 1.54) is 16.9 Å². The number of benzene rings is 2. The van der Waals surface area contributed by atoms with Crippen molar-refractivity contribution in [2.75, 3.05) is 12.4 Å². The molecule has 1 saturated carbocycles. The third kappa shape index (κ3) is 6.68. The number of hydrogen-bond donors (Lipinski definition) is 2. The summed E-state index contributed by atoms with van der Waals surface area (Å²) in [6.45, 7) is 9.02. The van der Waals surface area contributed by atoms with Gasteiger partial charge in [-0.2, -0.15) is 0 Å². The summed E-state index contributed by atoms with van der Waals surface area (Å²) in [5, 5.41) is 23.5. The molecule has 0 amide bonds. The van der Waals surface area contributed by atoms with Crippen LogP contribution in [-0.4, -0.2) is 45.0 Å². The van der Waals surface area contributed by atoms with Gasteiger partial charge in [0, 0.05) is 21.6 Å². The number of aromatic nitrogens is 1. The molecule has 2 N–H and O–H groups in total. The first kappa shape index (κ1) is 32.5. The van der Waals surface area contributed by atoms with Crippen molar-refractivity contribution in [2.45, 2.75) is 94.6 Å². The number of nitrogens with zero attached hydrogens (tertiary/aromatic N) is 1. The first-order valence-electron chi connectivity index (χ1n) is 16.0. The van der Waals surface area contributed by atoms with Crippen molar-refractivity contribution in [1.82, 2.24) is 4.98 Å². The molecule has 2 bridgehead atoms. The average molecular weight is 662 g/mol. The number of ketones is 1. The fraction of sp³-hybridized carbons (Fsp3) is 0.459. The topological polar surface area (TPSA) is 79.7 Å². The van der Waals surface area contributed by atoms with Crippen LogP contribution in [0.4, 0.5) is 0 Å². The second kappa shape index (κ2) is 13.3. The van der Waals surface area contributed by atoms with Gasteiger partial charge in [-0.25, -0.2) is 4.98 Å². The van der Waals surface area contributed by atoms with Crippen molar-refractivity contribution in [1.29, 1.82) is 0 Å². The Morgan fingerprint density at radius 1 is 1.09 bits per heavy atom. The Morgan fingerprint density at radius 3 is 2.71 bits per heavy atom. The lowest BCUT2D eigenvalue weighted by Gasteiger charge is -2.44. The van der Waals surface area contributed by atoms with E-state index in [0.717, 1.165) is 72.4 Å². The Labute approximate surface area is 278 Å². The summed E-state index contributed by atoms with van der Waals surface area (Å²) in [4.78, 5) is 20.8. The minimum absolute atomic E-state index is 0.0165. The number of fused-ring (bicyclic) bond motifs is 9. The number of thiazole rings is 1. The molecule has 45 heavy (non-hydrogen) atoms. The molecular weight excluding hydrogens is 619 g/mol. The Balaban J connectivity index is 1.36. The molecule has 0 saturated heterocycles. The highest BCUT2D eigenvalue weighted by Gasteiger charge is 2.56. The van der Waals surface area contributed by atoms with E-state index in [1.54, 1.807) is 23.1 Å². The second-order valence-electron chi connectivity index (χ2n) is 13.0. The fourth-order valence-electron chi connectivity index (χ4n) is 7.25. The molecule has 3 aliphatic rings. The summed E-state index contributed by atoms with van der Waals surface area (Å²) in [5.74, 6) is 1.44. The van der Waals surface area contributed by atoms with Crippen molar-refractivity contribution in [3.05, 3.63) is 86.6 Å². The molecule has 7 rings (SSSR count). The zero-order valence-electron chi connectivity index (χ0n) is 26.6. The number of hydrogen-bond acceptors (Lipinski definition) is 8. The van der Waals surface area contributed by atoms with Gasteiger partial charge in [0.1, 0.15) is 5.75 Å². The average Bonchev–Trinajstić information content (AvgIpc) is 3.70. The fourth-order valence-corrected chi connectivity index (χ4v) is 10.5. The highest BCUT2D eigenvalue weighted by Crippen LogP contribution is 2.60. The van der Waals surface area contributed by atoms with Crippen molar-refractivity contribution in [3.63, 3.8) is 0 Å². The van der Waals surface area contributed by atoms with Gasteiger partial charge in [-0.1, -0.05) is 42.5 Å². The molecule has 2 heterocycles. The van der Waals surface area contributed by atoms with Crippen LogP contribution in [-0.2, 0) is 6.42 Å². The zero-order chi connectivity index (χ0) is 31.8. The van der Waals surface area contributed by atoms with Crippen LogP contribution in [0, 0.1) is 12.3 Å². The van der Waals surface area contributed by atoms with E-state index in [1.807, 2.05) is 50.2 Å². The number of rotatable bonds is 7. The summed E-state index contributed by atoms with van der Waals surface area (Å²) in [6, 6.07) is 16.2. The summed E-state index contributed by atoms with van der Waals surface area (Å²) < 4.78 is 7.73.